The summed E-state index contributed by atoms with van der Waals surface area (Å²) in [6, 6.07) is 0. The minimum absolute atomic E-state index is 0.740. The summed E-state index contributed by atoms with van der Waals surface area (Å²) < 4.78 is 20.6. The van der Waals surface area contributed by atoms with Crippen LogP contribution in [0.25, 0.3) is 0 Å². The highest BCUT2D eigenvalue weighted by Gasteiger charge is 2.33. The van der Waals surface area contributed by atoms with Gasteiger partial charge >= 0.3 is 15.6 Å². The molecular weight excluding hydrogens is 175 g/mol. The first-order valence-electron chi connectivity index (χ1n) is 3.98. The van der Waals surface area contributed by atoms with E-state index in [1.165, 1.54) is 0 Å². The van der Waals surface area contributed by atoms with Gasteiger partial charge in [-0.25, -0.2) is 0 Å². The van der Waals surface area contributed by atoms with E-state index in [0.29, 0.717) is 0 Å². The molecule has 0 heterocycles. The van der Waals surface area contributed by atoms with E-state index in [1.54, 1.807) is 21.3 Å². The second-order valence-electron chi connectivity index (χ2n) is 2.35. The average molecular weight is 192 g/mol. The first kappa shape index (κ1) is 12.4. The number of methoxy groups -OCH3 is 3. The molecule has 0 aliphatic heterocycles. The van der Waals surface area contributed by atoms with Gasteiger partial charge in [-0.1, -0.05) is 6.92 Å². The summed E-state index contributed by atoms with van der Waals surface area (Å²) >= 11 is -0.959. The number of hydrogen-bond acceptors (Lipinski definition) is 4. The Kier molecular flexibility index (Phi) is 7.05. The molecule has 0 radical (unpaired) electrons. The molecule has 0 saturated carbocycles. The van der Waals surface area contributed by atoms with Crippen molar-refractivity contribution in [2.24, 2.45) is 0 Å². The molecule has 0 aliphatic rings. The maximum atomic E-state index is 5.38. The molecule has 0 bridgehead atoms. The van der Waals surface area contributed by atoms with Crippen LogP contribution in [0.2, 0.25) is 0 Å². The number of hydrogen-bond donors (Lipinski definition) is 0. The minimum atomic E-state index is -0.959. The average Bonchev–Trinajstić information content (AvgIpc) is 2.14. The fraction of sp³-hybridized carbons (Fsp3) is 1.00. The Morgan fingerprint density at radius 3 is 1.92 bits per heavy atom. The van der Waals surface area contributed by atoms with Gasteiger partial charge in [0.15, 0.2) is 0 Å². The lowest BCUT2D eigenvalue weighted by Crippen LogP contribution is -2.43. The monoisotopic (exact) mass is 192 g/mol. The summed E-state index contributed by atoms with van der Waals surface area (Å²) in [6.45, 7) is 2.80. The molecule has 0 aromatic carbocycles. The van der Waals surface area contributed by atoms with Crippen molar-refractivity contribution in [3.8, 4) is 0 Å². The maximum Gasteiger partial charge on any atom is 0.566 e. The summed E-state index contributed by atoms with van der Waals surface area (Å²) in [4.78, 5) is -0.908. The summed E-state index contributed by atoms with van der Waals surface area (Å²) in [6.07, 6.45) is 1.00. The lowest BCUT2D eigenvalue weighted by atomic mass is 10.5. The molecule has 0 atom stereocenters. The van der Waals surface area contributed by atoms with E-state index in [0.717, 1.165) is 13.0 Å². The van der Waals surface area contributed by atoms with E-state index in [-0.39, 0.29) is 0 Å². The van der Waals surface area contributed by atoms with Gasteiger partial charge in [0.1, 0.15) is 0 Å². The zero-order chi connectivity index (χ0) is 9.45. The Balaban J connectivity index is 3.76. The Morgan fingerprint density at radius 2 is 1.58 bits per heavy atom. The molecule has 0 amide bonds. The van der Waals surface area contributed by atoms with Gasteiger partial charge in [0.25, 0.3) is 0 Å². The number of rotatable bonds is 7. The third-order valence-electron chi connectivity index (χ3n) is 1.56. The molecule has 0 unspecified atom stereocenters. The fourth-order valence-electron chi connectivity index (χ4n) is 0.768. The molecule has 0 saturated heterocycles. The van der Waals surface area contributed by atoms with Crippen molar-refractivity contribution >= 4 is 15.6 Å². The van der Waals surface area contributed by atoms with Crippen LogP contribution in [0, 0.1) is 0 Å². The molecule has 12 heavy (non-hydrogen) atoms. The SMILES string of the molecule is CCC[O][AlH][C](OC)(OC)OC. The molecule has 0 fully saturated rings. The van der Waals surface area contributed by atoms with E-state index in [1.807, 2.05) is 0 Å². The van der Waals surface area contributed by atoms with Gasteiger partial charge in [-0.15, -0.1) is 0 Å². The van der Waals surface area contributed by atoms with Gasteiger partial charge in [-0.2, -0.15) is 0 Å². The molecule has 0 N–H and O–H groups in total. The second kappa shape index (κ2) is 6.84. The zero-order valence-corrected chi connectivity index (χ0v) is 9.67. The van der Waals surface area contributed by atoms with Crippen LogP contribution in [-0.4, -0.2) is 48.3 Å². The van der Waals surface area contributed by atoms with E-state index in [4.69, 9.17) is 18.0 Å². The van der Waals surface area contributed by atoms with Crippen LogP contribution in [0.15, 0.2) is 0 Å². The standard InChI is InChI=1S/C4H9O3.C3H7O.Al.H/c1-5-4(6-2)7-3;1-2-3-4;;/h1-3H3;2-3H2,1H3;;/q;-1;+1;. The highest BCUT2D eigenvalue weighted by atomic mass is 27.1. The first-order valence-corrected chi connectivity index (χ1v) is 5.26. The fourth-order valence-corrected chi connectivity index (χ4v) is 1.80. The lowest BCUT2D eigenvalue weighted by molar-refractivity contribution is -0.300. The molecule has 72 valence electrons. The molecule has 0 aromatic rings. The van der Waals surface area contributed by atoms with Crippen molar-refractivity contribution in [2.75, 3.05) is 27.9 Å². The molecule has 0 rings (SSSR count). The summed E-state index contributed by atoms with van der Waals surface area (Å²) in [5, 5.41) is 0. The predicted molar refractivity (Wildman–Crippen MR) is 47.2 cm³/mol. The minimum Gasteiger partial charge on any atom is -0.498 e. The molecule has 0 aliphatic carbocycles. The molecule has 0 spiro atoms. The van der Waals surface area contributed by atoms with Crippen molar-refractivity contribution in [1.29, 1.82) is 0 Å². The first-order chi connectivity index (χ1) is 5.74. The normalized spacial score (nSPS) is 11.7. The van der Waals surface area contributed by atoms with Crippen LogP contribution in [0.3, 0.4) is 0 Å². The van der Waals surface area contributed by atoms with Crippen molar-refractivity contribution in [3.05, 3.63) is 0 Å². The highest BCUT2D eigenvalue weighted by molar-refractivity contribution is 6.30. The summed E-state index contributed by atoms with van der Waals surface area (Å²) in [5.74, 6) is 0. The zero-order valence-electron chi connectivity index (χ0n) is 8.25. The van der Waals surface area contributed by atoms with Gasteiger partial charge in [0, 0.05) is 27.9 Å². The Hall–Kier alpha value is 0.372. The predicted octanol–water partition coefficient (Wildman–Crippen LogP) is 0.315. The third-order valence-corrected chi connectivity index (χ3v) is 3.27. The summed E-state index contributed by atoms with van der Waals surface area (Å²) in [7, 11) is 4.65. The van der Waals surface area contributed by atoms with E-state index < -0.39 is 20.4 Å². The van der Waals surface area contributed by atoms with E-state index in [9.17, 15) is 0 Å². The van der Waals surface area contributed by atoms with E-state index >= 15 is 0 Å². The van der Waals surface area contributed by atoms with Crippen LogP contribution in [-0.2, 0) is 18.0 Å². The van der Waals surface area contributed by atoms with Crippen LogP contribution in [0.1, 0.15) is 13.3 Å². The van der Waals surface area contributed by atoms with E-state index in [2.05, 4.69) is 6.92 Å². The summed E-state index contributed by atoms with van der Waals surface area (Å²) in [5.41, 5.74) is 0. The Bertz CT molecular complexity index is 97.3. The molecule has 5 heteroatoms. The van der Waals surface area contributed by atoms with Crippen molar-refractivity contribution in [1.82, 2.24) is 0 Å². The quantitative estimate of drug-likeness (QED) is 0.330. The Morgan fingerprint density at radius 1 is 1.08 bits per heavy atom. The second-order valence-corrected chi connectivity index (χ2v) is 3.91. The Labute approximate surface area is 80.2 Å². The maximum absolute atomic E-state index is 5.38. The van der Waals surface area contributed by atoms with Crippen LogP contribution in [0.4, 0.5) is 0 Å². The number of ether oxygens (including phenoxy) is 3. The van der Waals surface area contributed by atoms with Gasteiger partial charge in [0.2, 0.25) is 4.84 Å². The van der Waals surface area contributed by atoms with Crippen molar-refractivity contribution < 1.29 is 18.0 Å². The van der Waals surface area contributed by atoms with Crippen LogP contribution < -0.4 is 0 Å². The van der Waals surface area contributed by atoms with Crippen LogP contribution >= 0.6 is 0 Å². The highest BCUT2D eigenvalue weighted by Crippen LogP contribution is 2.09. The largest absolute Gasteiger partial charge is 0.566 e. The van der Waals surface area contributed by atoms with Gasteiger partial charge < -0.3 is 18.0 Å². The third kappa shape index (κ3) is 3.86. The molecule has 0 aromatic heterocycles. The van der Waals surface area contributed by atoms with Crippen molar-refractivity contribution in [2.45, 2.75) is 18.2 Å². The van der Waals surface area contributed by atoms with Gasteiger partial charge in [-0.05, 0) is 6.42 Å². The van der Waals surface area contributed by atoms with Gasteiger partial charge in [-0.3, -0.25) is 0 Å². The van der Waals surface area contributed by atoms with Gasteiger partial charge in [0.05, 0.1) is 0 Å². The topological polar surface area (TPSA) is 36.9 Å². The molecule has 4 nitrogen and oxygen atoms in total. The molecular formula is C7H17AlO4. The lowest BCUT2D eigenvalue weighted by Gasteiger charge is -2.27. The van der Waals surface area contributed by atoms with Crippen LogP contribution in [0.5, 0.6) is 0 Å². The van der Waals surface area contributed by atoms with Crippen molar-refractivity contribution in [3.63, 3.8) is 0 Å². The smallest absolute Gasteiger partial charge is 0.498 e.